The second-order valence-corrected chi connectivity index (χ2v) is 6.22. The van der Waals surface area contributed by atoms with E-state index >= 15 is 0 Å². The van der Waals surface area contributed by atoms with Gasteiger partial charge >= 0.3 is 6.09 Å². The zero-order valence-corrected chi connectivity index (χ0v) is 13.7. The lowest BCUT2D eigenvalue weighted by Gasteiger charge is -2.36. The van der Waals surface area contributed by atoms with Crippen molar-refractivity contribution in [1.82, 2.24) is 5.32 Å². The molecule has 2 aromatic carbocycles. The lowest BCUT2D eigenvalue weighted by Crippen LogP contribution is -2.49. The van der Waals surface area contributed by atoms with Gasteiger partial charge in [-0.2, -0.15) is 0 Å². The van der Waals surface area contributed by atoms with E-state index in [1.165, 1.54) is 6.07 Å². The van der Waals surface area contributed by atoms with Crippen molar-refractivity contribution in [3.8, 4) is 0 Å². The third kappa shape index (κ3) is 4.17. The Morgan fingerprint density at radius 3 is 2.62 bits per heavy atom. The van der Waals surface area contributed by atoms with E-state index in [-0.39, 0.29) is 23.7 Å². The molecular formula is C18H18ClFN2O2. The minimum atomic E-state index is -0.446. The number of amides is 1. The molecule has 126 valence electrons. The topological polar surface area (TPSA) is 50.4 Å². The van der Waals surface area contributed by atoms with Gasteiger partial charge in [-0.05, 0) is 30.5 Å². The van der Waals surface area contributed by atoms with Crippen LogP contribution in [0.1, 0.15) is 18.4 Å². The van der Waals surface area contributed by atoms with Crippen LogP contribution in [0.15, 0.2) is 48.5 Å². The molecule has 6 heteroatoms. The number of alkyl carbamates (subject to hydrolysis) is 1. The Morgan fingerprint density at radius 1 is 1.12 bits per heavy atom. The van der Waals surface area contributed by atoms with Crippen LogP contribution in [0.4, 0.5) is 14.9 Å². The Kier molecular flexibility index (Phi) is 5.20. The normalized spacial score (nSPS) is 19.2. The van der Waals surface area contributed by atoms with Crippen LogP contribution < -0.4 is 10.6 Å². The maximum Gasteiger partial charge on any atom is 0.407 e. The zero-order chi connectivity index (χ0) is 16.9. The maximum absolute atomic E-state index is 13.8. The van der Waals surface area contributed by atoms with E-state index in [0.717, 1.165) is 5.56 Å². The van der Waals surface area contributed by atoms with Gasteiger partial charge in [0, 0.05) is 12.1 Å². The molecule has 1 fully saturated rings. The van der Waals surface area contributed by atoms with Gasteiger partial charge in [0.1, 0.15) is 6.61 Å². The summed E-state index contributed by atoms with van der Waals surface area (Å²) < 4.78 is 19.0. The molecule has 0 radical (unpaired) electrons. The summed E-state index contributed by atoms with van der Waals surface area (Å²) in [5.41, 5.74) is 1.33. The summed E-state index contributed by atoms with van der Waals surface area (Å²) in [6.07, 6.45) is 0.995. The van der Waals surface area contributed by atoms with Crippen LogP contribution in [0, 0.1) is 5.82 Å². The number of anilines is 1. The van der Waals surface area contributed by atoms with Crippen molar-refractivity contribution in [3.05, 3.63) is 64.9 Å². The number of carbonyl (C=O) groups is 1. The minimum Gasteiger partial charge on any atom is -0.445 e. The van der Waals surface area contributed by atoms with Crippen LogP contribution in [-0.2, 0) is 11.3 Å². The Bertz CT molecular complexity index is 705. The Balaban J connectivity index is 1.39. The number of rotatable bonds is 5. The number of benzene rings is 2. The van der Waals surface area contributed by atoms with Crippen LogP contribution in [-0.4, -0.2) is 18.2 Å². The highest BCUT2D eigenvalue weighted by atomic mass is 35.5. The second-order valence-electron chi connectivity index (χ2n) is 5.82. The monoisotopic (exact) mass is 348 g/mol. The summed E-state index contributed by atoms with van der Waals surface area (Å²) in [6.45, 7) is 0.245. The van der Waals surface area contributed by atoms with Gasteiger partial charge in [-0.3, -0.25) is 0 Å². The van der Waals surface area contributed by atoms with Crippen LogP contribution in [0.3, 0.4) is 0 Å². The van der Waals surface area contributed by atoms with Gasteiger partial charge in [-0.1, -0.05) is 48.0 Å². The van der Waals surface area contributed by atoms with Crippen LogP contribution in [0.2, 0.25) is 5.02 Å². The van der Waals surface area contributed by atoms with Crippen molar-refractivity contribution in [2.45, 2.75) is 31.5 Å². The molecule has 0 aromatic heterocycles. The molecule has 3 rings (SSSR count). The van der Waals surface area contributed by atoms with E-state index in [1.54, 1.807) is 12.1 Å². The molecular weight excluding hydrogens is 331 g/mol. The standard InChI is InChI=1S/C18H18ClFN2O2/c19-15-7-4-8-16(17(15)20)21-13-9-14(10-13)22-18(23)24-11-12-5-2-1-3-6-12/h1-8,13-14,21H,9-11H2,(H,22,23). The molecule has 24 heavy (non-hydrogen) atoms. The molecule has 0 saturated heterocycles. The Hall–Kier alpha value is -2.27. The van der Waals surface area contributed by atoms with E-state index in [1.807, 2.05) is 30.3 Å². The average Bonchev–Trinajstić information content (AvgIpc) is 2.56. The molecule has 4 nitrogen and oxygen atoms in total. The average molecular weight is 349 g/mol. The van der Waals surface area contributed by atoms with Crippen LogP contribution >= 0.6 is 11.6 Å². The fraction of sp³-hybridized carbons (Fsp3) is 0.278. The van der Waals surface area contributed by atoms with Gasteiger partial charge < -0.3 is 15.4 Å². The third-order valence-electron chi connectivity index (χ3n) is 3.98. The summed E-state index contributed by atoms with van der Waals surface area (Å²) in [6, 6.07) is 14.5. The molecule has 1 aliphatic rings. The van der Waals surface area contributed by atoms with E-state index in [0.29, 0.717) is 18.5 Å². The quantitative estimate of drug-likeness (QED) is 0.844. The number of nitrogens with one attached hydrogen (secondary N) is 2. The molecule has 2 aromatic rings. The van der Waals surface area contributed by atoms with E-state index in [2.05, 4.69) is 10.6 Å². The lowest BCUT2D eigenvalue weighted by molar-refractivity contribution is 0.129. The predicted molar refractivity (Wildman–Crippen MR) is 91.6 cm³/mol. The van der Waals surface area contributed by atoms with Crippen molar-refractivity contribution in [2.24, 2.45) is 0 Å². The molecule has 2 N–H and O–H groups in total. The first-order chi connectivity index (χ1) is 11.6. The fourth-order valence-electron chi connectivity index (χ4n) is 2.62. The first-order valence-electron chi connectivity index (χ1n) is 7.79. The van der Waals surface area contributed by atoms with Gasteiger partial charge in [-0.15, -0.1) is 0 Å². The van der Waals surface area contributed by atoms with Crippen LogP contribution in [0.25, 0.3) is 0 Å². The first kappa shape index (κ1) is 16.6. The summed E-state index contributed by atoms with van der Waals surface area (Å²) in [7, 11) is 0. The number of carbonyl (C=O) groups excluding carboxylic acids is 1. The van der Waals surface area contributed by atoms with E-state index < -0.39 is 11.9 Å². The van der Waals surface area contributed by atoms with Crippen molar-refractivity contribution in [2.75, 3.05) is 5.32 Å². The van der Waals surface area contributed by atoms with Gasteiger partial charge in [0.15, 0.2) is 5.82 Å². The smallest absolute Gasteiger partial charge is 0.407 e. The molecule has 0 spiro atoms. The fourth-order valence-corrected chi connectivity index (χ4v) is 2.79. The number of halogens is 2. The van der Waals surface area contributed by atoms with E-state index in [4.69, 9.17) is 16.3 Å². The van der Waals surface area contributed by atoms with Gasteiger partial charge in [0.25, 0.3) is 0 Å². The lowest BCUT2D eigenvalue weighted by atomic mass is 9.86. The van der Waals surface area contributed by atoms with Crippen molar-refractivity contribution < 1.29 is 13.9 Å². The maximum atomic E-state index is 13.8. The highest BCUT2D eigenvalue weighted by Gasteiger charge is 2.31. The molecule has 1 amide bonds. The molecule has 0 aliphatic heterocycles. The zero-order valence-electron chi connectivity index (χ0n) is 13.0. The number of hydrogen-bond donors (Lipinski definition) is 2. The first-order valence-corrected chi connectivity index (χ1v) is 8.17. The third-order valence-corrected chi connectivity index (χ3v) is 4.28. The van der Waals surface area contributed by atoms with Crippen molar-refractivity contribution in [3.63, 3.8) is 0 Å². The van der Waals surface area contributed by atoms with Crippen LogP contribution in [0.5, 0.6) is 0 Å². The minimum absolute atomic E-state index is 0.0352. The summed E-state index contributed by atoms with van der Waals surface area (Å²) >= 11 is 5.75. The summed E-state index contributed by atoms with van der Waals surface area (Å²) in [4.78, 5) is 11.8. The van der Waals surface area contributed by atoms with Gasteiger partial charge in [0.05, 0.1) is 10.7 Å². The highest BCUT2D eigenvalue weighted by molar-refractivity contribution is 6.31. The van der Waals surface area contributed by atoms with Gasteiger partial charge in [-0.25, -0.2) is 9.18 Å². The van der Waals surface area contributed by atoms with E-state index in [9.17, 15) is 9.18 Å². The van der Waals surface area contributed by atoms with Crippen molar-refractivity contribution >= 4 is 23.4 Å². The molecule has 0 atom stereocenters. The number of hydrogen-bond acceptors (Lipinski definition) is 3. The molecule has 0 bridgehead atoms. The molecule has 1 aliphatic carbocycles. The molecule has 1 saturated carbocycles. The highest BCUT2D eigenvalue weighted by Crippen LogP contribution is 2.28. The summed E-state index contributed by atoms with van der Waals surface area (Å²) in [5.74, 6) is -0.446. The van der Waals surface area contributed by atoms with Gasteiger partial charge in [0.2, 0.25) is 0 Å². The molecule has 0 unspecified atom stereocenters. The number of ether oxygens (including phenoxy) is 1. The summed E-state index contributed by atoms with van der Waals surface area (Å²) in [5, 5.41) is 6.00. The Labute approximate surface area is 145 Å². The van der Waals surface area contributed by atoms with Crippen molar-refractivity contribution in [1.29, 1.82) is 0 Å². The predicted octanol–water partition coefficient (Wildman–Crippen LogP) is 4.35. The largest absolute Gasteiger partial charge is 0.445 e. The molecule has 0 heterocycles. The second kappa shape index (κ2) is 7.53. The SMILES string of the molecule is O=C(NC1CC(Nc2cccc(Cl)c2F)C1)OCc1ccccc1. The Morgan fingerprint density at radius 2 is 1.88 bits per heavy atom.